The van der Waals surface area contributed by atoms with Gasteiger partial charge in [-0.2, -0.15) is 0 Å². The highest BCUT2D eigenvalue weighted by Crippen LogP contribution is 2.29. The summed E-state index contributed by atoms with van der Waals surface area (Å²) in [5.41, 5.74) is 8.29. The highest BCUT2D eigenvalue weighted by atomic mass is 16.5. The highest BCUT2D eigenvalue weighted by Gasteiger charge is 2.31. The lowest BCUT2D eigenvalue weighted by molar-refractivity contribution is -0.112. The first-order valence-corrected chi connectivity index (χ1v) is 12.6. The number of aromatic nitrogens is 4. The van der Waals surface area contributed by atoms with Crippen molar-refractivity contribution in [3.8, 4) is 11.4 Å². The molecule has 7 rings (SSSR count). The van der Waals surface area contributed by atoms with Crippen molar-refractivity contribution in [1.29, 1.82) is 0 Å². The Morgan fingerprint density at radius 2 is 1.67 bits per heavy atom. The number of aromatic carboxylic acids is 1. The SMILES string of the molecule is COc1ccc2c(c1)C(=O)c1nc3ncccc3c(=O)n1-2.Cc1ccc2c(c1)C(=O)C(=O)N2.Nc1ncccc1C(=O)O. The third-order valence-corrected chi connectivity index (χ3v) is 6.48. The molecule has 214 valence electrons. The molecular formula is C30H22N6O7. The maximum absolute atomic E-state index is 12.6. The Morgan fingerprint density at radius 3 is 2.37 bits per heavy atom. The topological polar surface area (TPSA) is 196 Å². The fourth-order valence-corrected chi connectivity index (χ4v) is 4.39. The van der Waals surface area contributed by atoms with Gasteiger partial charge in [0.2, 0.25) is 5.78 Å². The van der Waals surface area contributed by atoms with E-state index in [9.17, 15) is 24.0 Å². The second-order valence-electron chi connectivity index (χ2n) is 9.24. The Bertz CT molecular complexity index is 2040. The molecule has 1 amide bonds. The number of fused-ring (bicyclic) bond motifs is 5. The summed E-state index contributed by atoms with van der Waals surface area (Å²) in [5, 5.41) is 11.3. The van der Waals surface area contributed by atoms with E-state index >= 15 is 0 Å². The van der Waals surface area contributed by atoms with E-state index in [-0.39, 0.29) is 34.2 Å². The van der Waals surface area contributed by atoms with E-state index in [4.69, 9.17) is 15.6 Å². The number of carboxylic acid groups (broad SMARTS) is 1. The molecule has 5 heterocycles. The molecule has 0 saturated carbocycles. The molecule has 0 spiro atoms. The Kier molecular flexibility index (Phi) is 7.45. The van der Waals surface area contributed by atoms with Crippen LogP contribution < -0.4 is 21.3 Å². The minimum absolute atomic E-state index is 0.0440. The Morgan fingerprint density at radius 1 is 0.930 bits per heavy atom. The number of nitrogens with one attached hydrogen (secondary N) is 1. The standard InChI is InChI=1S/C15H9N3O3.C9H7NO2.C6H6N2O2/c1-21-8-4-5-11-10(7-8)12(19)14-17-13-9(3-2-6-16-13)15(20)18(11)14;1-5-2-3-7-6(4-5)8(11)9(12)10-7;7-5-4(6(9)10)2-1-3-8-5/h2-7H,1H3;2-4H,1H3,(H,10,11,12);1-3H,(H2,7,8)(H,9,10). The second kappa shape index (κ2) is 11.3. The number of hydrogen-bond donors (Lipinski definition) is 3. The third-order valence-electron chi connectivity index (χ3n) is 6.48. The fraction of sp³-hybridized carbons (Fsp3) is 0.0667. The van der Waals surface area contributed by atoms with Crippen LogP contribution in [-0.4, -0.2) is 55.2 Å². The number of nitrogens with zero attached hydrogens (tertiary/aromatic N) is 4. The molecule has 43 heavy (non-hydrogen) atoms. The summed E-state index contributed by atoms with van der Waals surface area (Å²) < 4.78 is 6.46. The molecule has 0 aliphatic carbocycles. The third kappa shape index (κ3) is 5.29. The number of nitrogen functional groups attached to an aromatic ring is 1. The predicted octanol–water partition coefficient (Wildman–Crippen LogP) is 2.83. The van der Waals surface area contributed by atoms with Crippen molar-refractivity contribution in [3.63, 3.8) is 0 Å². The molecule has 2 aromatic carbocycles. The van der Waals surface area contributed by atoms with Gasteiger partial charge in [0.25, 0.3) is 17.2 Å². The summed E-state index contributed by atoms with van der Waals surface area (Å²) in [5.74, 6) is -1.61. The lowest BCUT2D eigenvalue weighted by Gasteiger charge is -2.05. The Labute approximate surface area is 242 Å². The van der Waals surface area contributed by atoms with E-state index < -0.39 is 17.7 Å². The first-order valence-electron chi connectivity index (χ1n) is 12.6. The van der Waals surface area contributed by atoms with Crippen LogP contribution in [0.4, 0.5) is 11.5 Å². The second-order valence-corrected chi connectivity index (χ2v) is 9.24. The van der Waals surface area contributed by atoms with Crippen LogP contribution in [0.2, 0.25) is 0 Å². The fourth-order valence-electron chi connectivity index (χ4n) is 4.39. The van der Waals surface area contributed by atoms with Crippen molar-refractivity contribution in [3.05, 3.63) is 111 Å². The average Bonchev–Trinajstić information content (AvgIpc) is 3.45. The van der Waals surface area contributed by atoms with Gasteiger partial charge in [-0.3, -0.25) is 23.7 Å². The number of hydrogen-bond acceptors (Lipinski definition) is 10. The van der Waals surface area contributed by atoms with Gasteiger partial charge in [-0.15, -0.1) is 0 Å². The van der Waals surface area contributed by atoms with Crippen molar-refractivity contribution in [2.24, 2.45) is 0 Å². The summed E-state index contributed by atoms with van der Waals surface area (Å²) in [6.45, 7) is 1.89. The first kappa shape index (κ1) is 28.3. The molecule has 4 N–H and O–H groups in total. The zero-order chi connectivity index (χ0) is 30.8. The van der Waals surface area contributed by atoms with E-state index in [0.717, 1.165) is 5.56 Å². The molecule has 0 atom stereocenters. The Balaban J connectivity index is 0.000000142. The number of benzene rings is 2. The molecule has 3 aromatic heterocycles. The number of nitrogens with two attached hydrogens (primary N) is 1. The van der Waals surface area contributed by atoms with Gasteiger partial charge in [0.15, 0.2) is 11.5 Å². The van der Waals surface area contributed by atoms with Crippen molar-refractivity contribution in [2.45, 2.75) is 6.92 Å². The normalized spacial score (nSPS) is 12.2. The summed E-state index contributed by atoms with van der Waals surface area (Å²) >= 11 is 0. The van der Waals surface area contributed by atoms with Crippen molar-refractivity contribution < 1.29 is 29.0 Å². The molecule has 0 radical (unpaired) electrons. The molecule has 0 unspecified atom stereocenters. The summed E-state index contributed by atoms with van der Waals surface area (Å²) in [6.07, 6.45) is 2.99. The molecule has 2 aliphatic rings. The zero-order valence-corrected chi connectivity index (χ0v) is 22.7. The molecule has 13 nitrogen and oxygen atoms in total. The van der Waals surface area contributed by atoms with E-state index in [1.165, 1.54) is 30.0 Å². The number of methoxy groups -OCH3 is 1. The van der Waals surface area contributed by atoms with Gasteiger partial charge in [-0.25, -0.2) is 19.7 Å². The summed E-state index contributed by atoms with van der Waals surface area (Å²) in [4.78, 5) is 69.2. The number of carbonyl (C=O) groups is 4. The number of Topliss-reactive ketones (excluding diaryl/α,β-unsaturated/α-hetero) is 1. The molecule has 0 fully saturated rings. The van der Waals surface area contributed by atoms with Crippen LogP contribution >= 0.6 is 0 Å². The number of carboxylic acids is 1. The van der Waals surface area contributed by atoms with Gasteiger partial charge >= 0.3 is 5.97 Å². The van der Waals surface area contributed by atoms with Crippen LogP contribution in [0.3, 0.4) is 0 Å². The van der Waals surface area contributed by atoms with Gasteiger partial charge in [-0.05, 0) is 61.5 Å². The van der Waals surface area contributed by atoms with Crippen LogP contribution in [-0.2, 0) is 4.79 Å². The molecule has 13 heteroatoms. The van der Waals surface area contributed by atoms with E-state index in [1.54, 1.807) is 48.7 Å². The maximum Gasteiger partial charge on any atom is 0.339 e. The zero-order valence-electron chi connectivity index (χ0n) is 22.7. The maximum atomic E-state index is 12.6. The van der Waals surface area contributed by atoms with Crippen LogP contribution in [0.5, 0.6) is 5.75 Å². The van der Waals surface area contributed by atoms with E-state index in [1.807, 2.05) is 13.0 Å². The number of ether oxygens (including phenoxy) is 1. The number of carbonyl (C=O) groups excluding carboxylic acids is 3. The van der Waals surface area contributed by atoms with Gasteiger partial charge in [0, 0.05) is 12.4 Å². The average molecular weight is 579 g/mol. The largest absolute Gasteiger partial charge is 0.497 e. The number of amides is 1. The van der Waals surface area contributed by atoms with E-state index in [2.05, 4.69) is 20.3 Å². The minimum Gasteiger partial charge on any atom is -0.497 e. The van der Waals surface area contributed by atoms with Crippen molar-refractivity contribution in [2.75, 3.05) is 18.2 Å². The van der Waals surface area contributed by atoms with Crippen LogP contribution in [0, 0.1) is 6.92 Å². The number of aryl methyl sites for hydroxylation is 1. The minimum atomic E-state index is -1.05. The van der Waals surface area contributed by atoms with Crippen LogP contribution in [0.25, 0.3) is 16.7 Å². The number of rotatable bonds is 2. The Hall–Kier alpha value is -6.24. The molecule has 2 aliphatic heterocycles. The van der Waals surface area contributed by atoms with Gasteiger partial charge in [0.05, 0.1) is 35.0 Å². The summed E-state index contributed by atoms with van der Waals surface area (Å²) in [6, 6.07) is 16.6. The first-order chi connectivity index (χ1) is 20.6. The molecule has 0 bridgehead atoms. The quantitative estimate of drug-likeness (QED) is 0.256. The van der Waals surface area contributed by atoms with Crippen molar-refractivity contribution in [1.82, 2.24) is 19.5 Å². The monoisotopic (exact) mass is 578 g/mol. The lowest BCUT2D eigenvalue weighted by atomic mass is 10.1. The molecule has 5 aromatic rings. The summed E-state index contributed by atoms with van der Waals surface area (Å²) in [7, 11) is 1.52. The lowest BCUT2D eigenvalue weighted by Crippen LogP contribution is -2.21. The molecular weight excluding hydrogens is 556 g/mol. The smallest absolute Gasteiger partial charge is 0.339 e. The van der Waals surface area contributed by atoms with Crippen LogP contribution in [0.1, 0.15) is 42.5 Å². The van der Waals surface area contributed by atoms with Gasteiger partial charge in [-0.1, -0.05) is 11.6 Å². The predicted molar refractivity (Wildman–Crippen MR) is 155 cm³/mol. The molecule has 0 saturated heterocycles. The van der Waals surface area contributed by atoms with E-state index in [0.29, 0.717) is 33.6 Å². The van der Waals surface area contributed by atoms with Gasteiger partial charge < -0.3 is 20.9 Å². The highest BCUT2D eigenvalue weighted by molar-refractivity contribution is 6.51. The van der Waals surface area contributed by atoms with Gasteiger partial charge in [0.1, 0.15) is 17.1 Å². The van der Waals surface area contributed by atoms with Crippen molar-refractivity contribution >= 4 is 46.0 Å². The number of anilines is 2. The van der Waals surface area contributed by atoms with Crippen LogP contribution in [0.15, 0.2) is 77.9 Å². The number of ketones is 2. The number of pyridine rings is 2.